The zero-order valence-corrected chi connectivity index (χ0v) is 22.5. The molecule has 0 saturated carbocycles. The first-order valence-corrected chi connectivity index (χ1v) is 13.2. The number of amides is 3. The molecule has 0 fully saturated rings. The molecule has 1 aromatic heterocycles. The van der Waals surface area contributed by atoms with Crippen LogP contribution in [-0.4, -0.2) is 53.6 Å². The van der Waals surface area contributed by atoms with Gasteiger partial charge in [-0.2, -0.15) is 0 Å². The van der Waals surface area contributed by atoms with Crippen molar-refractivity contribution in [3.05, 3.63) is 72.8 Å². The van der Waals surface area contributed by atoms with Gasteiger partial charge in [0, 0.05) is 43.6 Å². The molecule has 0 aliphatic heterocycles. The van der Waals surface area contributed by atoms with Crippen molar-refractivity contribution >= 4 is 23.4 Å². The van der Waals surface area contributed by atoms with Gasteiger partial charge in [-0.25, -0.2) is 4.98 Å². The highest BCUT2D eigenvalue weighted by atomic mass is 16.5. The smallest absolute Gasteiger partial charge is 0.313 e. The summed E-state index contributed by atoms with van der Waals surface area (Å²) in [7, 11) is 0. The molecule has 0 atom stereocenters. The summed E-state index contributed by atoms with van der Waals surface area (Å²) in [6, 6.07) is 14.7. The monoisotopic (exact) mass is 535 g/mol. The number of hydrogen-bond acceptors (Lipinski definition) is 6. The minimum absolute atomic E-state index is 0.00638. The maximum absolute atomic E-state index is 12.1. The summed E-state index contributed by atoms with van der Waals surface area (Å²) in [6.07, 6.45) is 7.70. The zero-order valence-electron chi connectivity index (χ0n) is 22.5. The van der Waals surface area contributed by atoms with Crippen LogP contribution in [-0.2, 0) is 27.3 Å². The minimum Gasteiger partial charge on any atom is -0.490 e. The van der Waals surface area contributed by atoms with Gasteiger partial charge in [0.2, 0.25) is 5.91 Å². The molecule has 10 nitrogen and oxygen atoms in total. The Hall–Kier alpha value is -4.34. The number of benzene rings is 2. The van der Waals surface area contributed by atoms with Gasteiger partial charge in [-0.15, -0.1) is 0 Å². The van der Waals surface area contributed by atoms with Crippen LogP contribution in [0.1, 0.15) is 32.3 Å². The van der Waals surface area contributed by atoms with Crippen LogP contribution in [0.4, 0.5) is 5.69 Å². The Morgan fingerprint density at radius 3 is 2.10 bits per heavy atom. The van der Waals surface area contributed by atoms with Crippen molar-refractivity contribution < 1.29 is 23.9 Å². The van der Waals surface area contributed by atoms with Crippen molar-refractivity contribution in [2.75, 3.05) is 31.6 Å². The average Bonchev–Trinajstić information content (AvgIpc) is 3.46. The van der Waals surface area contributed by atoms with E-state index < -0.39 is 11.8 Å². The number of ether oxygens (including phenoxy) is 2. The van der Waals surface area contributed by atoms with E-state index in [0.717, 1.165) is 18.6 Å². The van der Waals surface area contributed by atoms with Crippen LogP contribution in [0.25, 0.3) is 0 Å². The first-order valence-electron chi connectivity index (χ1n) is 13.2. The second-order valence-electron chi connectivity index (χ2n) is 9.28. The summed E-state index contributed by atoms with van der Waals surface area (Å²) in [5.74, 6) is 0.0723. The van der Waals surface area contributed by atoms with Crippen molar-refractivity contribution in [1.29, 1.82) is 0 Å². The van der Waals surface area contributed by atoms with Gasteiger partial charge in [-0.3, -0.25) is 14.4 Å². The van der Waals surface area contributed by atoms with Crippen molar-refractivity contribution in [3.8, 4) is 11.5 Å². The molecule has 0 radical (unpaired) electrons. The number of aryl methyl sites for hydroxylation is 2. The van der Waals surface area contributed by atoms with Gasteiger partial charge >= 0.3 is 11.8 Å². The summed E-state index contributed by atoms with van der Waals surface area (Å²) < 4.78 is 13.3. The lowest BCUT2D eigenvalue weighted by atomic mass is 10.1. The van der Waals surface area contributed by atoms with Gasteiger partial charge < -0.3 is 30.0 Å². The molecule has 0 spiro atoms. The predicted octanol–water partition coefficient (Wildman–Crippen LogP) is 3.19. The van der Waals surface area contributed by atoms with Gasteiger partial charge in [0.25, 0.3) is 0 Å². The highest BCUT2D eigenvalue weighted by Crippen LogP contribution is 2.16. The van der Waals surface area contributed by atoms with Crippen LogP contribution in [0.15, 0.2) is 67.3 Å². The Bertz CT molecular complexity index is 1160. The van der Waals surface area contributed by atoms with E-state index in [2.05, 4.69) is 20.9 Å². The number of aromatic nitrogens is 2. The van der Waals surface area contributed by atoms with Crippen LogP contribution in [0.3, 0.4) is 0 Å². The third-order valence-corrected chi connectivity index (χ3v) is 5.77. The van der Waals surface area contributed by atoms with Gasteiger partial charge in [0.1, 0.15) is 24.7 Å². The number of hydrogen-bond donors (Lipinski definition) is 3. The van der Waals surface area contributed by atoms with Gasteiger partial charge in [-0.05, 0) is 61.2 Å². The molecule has 2 aromatic carbocycles. The van der Waals surface area contributed by atoms with Crippen LogP contribution in [0, 0.1) is 5.92 Å². The topological polar surface area (TPSA) is 124 Å². The summed E-state index contributed by atoms with van der Waals surface area (Å²) in [5.41, 5.74) is 1.69. The third-order valence-electron chi connectivity index (χ3n) is 5.77. The largest absolute Gasteiger partial charge is 0.490 e. The van der Waals surface area contributed by atoms with Crippen LogP contribution in [0.2, 0.25) is 0 Å². The first kappa shape index (κ1) is 29.2. The molecule has 0 aliphatic carbocycles. The number of nitrogens with one attached hydrogen (secondary N) is 3. The molecule has 0 saturated heterocycles. The van der Waals surface area contributed by atoms with E-state index in [9.17, 15) is 14.4 Å². The SMILES string of the molecule is CC(C)C(=O)NCCCc1ccc(OCCOc2ccc(NC(=O)C(=O)NCCCn3ccnc3)cc2)cc1. The van der Waals surface area contributed by atoms with Gasteiger partial charge in [-0.1, -0.05) is 26.0 Å². The van der Waals surface area contributed by atoms with E-state index in [1.165, 1.54) is 5.56 Å². The van der Waals surface area contributed by atoms with Crippen molar-refractivity contribution in [2.24, 2.45) is 5.92 Å². The average molecular weight is 536 g/mol. The quantitative estimate of drug-likeness (QED) is 0.203. The van der Waals surface area contributed by atoms with E-state index in [-0.39, 0.29) is 11.8 Å². The molecule has 3 aromatic rings. The Morgan fingerprint density at radius 2 is 1.49 bits per heavy atom. The van der Waals surface area contributed by atoms with E-state index in [1.54, 1.807) is 36.8 Å². The fourth-order valence-corrected chi connectivity index (χ4v) is 3.56. The summed E-state index contributed by atoms with van der Waals surface area (Å²) in [6.45, 7) is 6.27. The number of anilines is 1. The van der Waals surface area contributed by atoms with Crippen molar-refractivity contribution in [2.45, 2.75) is 39.7 Å². The van der Waals surface area contributed by atoms with E-state index in [4.69, 9.17) is 9.47 Å². The second kappa shape index (κ2) is 15.8. The molecule has 3 amide bonds. The summed E-state index contributed by atoms with van der Waals surface area (Å²) >= 11 is 0. The molecule has 1 heterocycles. The standard InChI is InChI=1S/C29H37N5O5/c1-22(2)27(35)31-14-3-5-23-6-10-25(11-7-23)38-19-20-39-26-12-8-24(9-13-26)33-29(37)28(36)32-15-4-17-34-18-16-30-21-34/h6-13,16,18,21-22H,3-5,14-15,17,19-20H2,1-2H3,(H,31,35)(H,32,36)(H,33,37). The molecule has 10 heteroatoms. The molecule has 0 aliphatic rings. The third kappa shape index (κ3) is 10.9. The molecule has 0 unspecified atom stereocenters. The Kier molecular flexibility index (Phi) is 11.8. The van der Waals surface area contributed by atoms with Gasteiger partial charge in [0.05, 0.1) is 6.33 Å². The Balaban J connectivity index is 1.27. The van der Waals surface area contributed by atoms with Crippen LogP contribution < -0.4 is 25.4 Å². The highest BCUT2D eigenvalue weighted by Gasteiger charge is 2.13. The van der Waals surface area contributed by atoms with Gasteiger partial charge in [0.15, 0.2) is 0 Å². The molecule has 39 heavy (non-hydrogen) atoms. The van der Waals surface area contributed by atoms with E-state index >= 15 is 0 Å². The number of rotatable bonds is 15. The number of carbonyl (C=O) groups is 3. The minimum atomic E-state index is -0.719. The zero-order chi connectivity index (χ0) is 27.9. The Morgan fingerprint density at radius 1 is 0.846 bits per heavy atom. The molecule has 3 rings (SSSR count). The van der Waals surface area contributed by atoms with E-state index in [0.29, 0.717) is 50.7 Å². The Labute approximate surface area is 229 Å². The predicted molar refractivity (Wildman–Crippen MR) is 149 cm³/mol. The van der Waals surface area contributed by atoms with Crippen molar-refractivity contribution in [3.63, 3.8) is 0 Å². The fraction of sp³-hybridized carbons (Fsp3) is 0.379. The summed E-state index contributed by atoms with van der Waals surface area (Å²) in [4.78, 5) is 39.6. The lowest BCUT2D eigenvalue weighted by Gasteiger charge is -2.10. The lowest BCUT2D eigenvalue weighted by Crippen LogP contribution is -2.36. The molecule has 208 valence electrons. The molecular weight excluding hydrogens is 498 g/mol. The maximum atomic E-state index is 12.1. The summed E-state index contributed by atoms with van der Waals surface area (Å²) in [5, 5.41) is 8.11. The fourth-order valence-electron chi connectivity index (χ4n) is 3.56. The molecular formula is C29H37N5O5. The lowest BCUT2D eigenvalue weighted by molar-refractivity contribution is -0.136. The van der Waals surface area contributed by atoms with Crippen LogP contribution >= 0.6 is 0 Å². The number of nitrogens with zero attached hydrogens (tertiary/aromatic N) is 2. The number of imidazole rings is 1. The number of carbonyl (C=O) groups excluding carboxylic acids is 3. The second-order valence-corrected chi connectivity index (χ2v) is 9.28. The molecule has 0 bridgehead atoms. The molecule has 3 N–H and O–H groups in total. The van der Waals surface area contributed by atoms with Crippen molar-refractivity contribution in [1.82, 2.24) is 20.2 Å². The first-order chi connectivity index (χ1) is 18.9. The normalized spacial score (nSPS) is 10.6. The van der Waals surface area contributed by atoms with Crippen LogP contribution in [0.5, 0.6) is 11.5 Å². The van der Waals surface area contributed by atoms with E-state index in [1.807, 2.05) is 48.9 Å². The highest BCUT2D eigenvalue weighted by molar-refractivity contribution is 6.39. The maximum Gasteiger partial charge on any atom is 0.313 e.